The number of aromatic hydroxyl groups is 1. The van der Waals surface area contributed by atoms with E-state index < -0.39 is 0 Å². The van der Waals surface area contributed by atoms with Crippen LogP contribution in [0.3, 0.4) is 0 Å². The van der Waals surface area contributed by atoms with Crippen molar-refractivity contribution in [3.63, 3.8) is 0 Å². The van der Waals surface area contributed by atoms with Gasteiger partial charge in [-0.25, -0.2) is 0 Å². The van der Waals surface area contributed by atoms with Gasteiger partial charge in [0.2, 0.25) is 0 Å². The first-order chi connectivity index (χ1) is 21.2. The van der Waals surface area contributed by atoms with Gasteiger partial charge in [-0.15, -0.1) is 0 Å². The lowest BCUT2D eigenvalue weighted by molar-refractivity contribution is 0.478. The summed E-state index contributed by atoms with van der Waals surface area (Å²) < 4.78 is 8.45. The maximum Gasteiger partial charge on any atom is 0.124 e. The molecule has 0 radical (unpaired) electrons. The van der Waals surface area contributed by atoms with E-state index in [4.69, 9.17) is 0 Å². The van der Waals surface area contributed by atoms with E-state index in [1.165, 1.54) is 0 Å². The fraction of sp³-hybridized carbons (Fsp3) is 0. The summed E-state index contributed by atoms with van der Waals surface area (Å²) in [5.41, 5.74) is 12.4. The van der Waals surface area contributed by atoms with E-state index in [2.05, 4.69) is 152 Å². The van der Waals surface area contributed by atoms with Gasteiger partial charge in [-0.1, -0.05) is 0 Å². The van der Waals surface area contributed by atoms with Crippen molar-refractivity contribution in [2.24, 2.45) is 0 Å². The van der Waals surface area contributed by atoms with Gasteiger partial charge in [-0.3, -0.25) is 0 Å². The SMILES string of the molecule is Oc1cc(-c2ccn3cccc3c2)c(-c2ccn3cccc3c2)c(-c2ccn3cccc3c2)c1-c1ccn2cccc2c1. The molecule has 0 amide bonds. The Labute approximate surface area is 247 Å². The number of phenols is 1. The van der Waals surface area contributed by atoms with E-state index in [0.717, 1.165) is 66.6 Å². The molecule has 1 aromatic carbocycles. The lowest BCUT2D eigenvalue weighted by atomic mass is 9.82. The smallest absolute Gasteiger partial charge is 0.124 e. The third-order valence-electron chi connectivity index (χ3n) is 8.60. The minimum atomic E-state index is 0.249. The van der Waals surface area contributed by atoms with Crippen LogP contribution in [0, 0.1) is 0 Å². The third kappa shape index (κ3) is 3.72. The Morgan fingerprint density at radius 3 is 1.19 bits per heavy atom. The maximum absolute atomic E-state index is 12.0. The lowest BCUT2D eigenvalue weighted by Crippen LogP contribution is -1.97. The van der Waals surface area contributed by atoms with Gasteiger partial charge in [-0.2, -0.15) is 0 Å². The van der Waals surface area contributed by atoms with Crippen LogP contribution in [0.15, 0.2) is 153 Å². The standard InChI is InChI=1S/C38H26N4O/c43-35-25-34(26-9-17-39-13-1-5-30(39)21-26)36(27-10-18-40-14-2-6-31(40)22-27)38(29-12-20-42-16-4-8-33(42)24-29)37(35)28-11-19-41-15-3-7-32(41)23-28/h1-25,43H. The van der Waals surface area contributed by atoms with E-state index in [0.29, 0.717) is 0 Å². The van der Waals surface area contributed by atoms with Gasteiger partial charge in [0, 0.05) is 82.8 Å². The van der Waals surface area contributed by atoms with Crippen LogP contribution in [-0.2, 0) is 0 Å². The van der Waals surface area contributed by atoms with Gasteiger partial charge < -0.3 is 22.7 Å². The summed E-state index contributed by atoms with van der Waals surface area (Å²) in [5.74, 6) is 0.249. The van der Waals surface area contributed by atoms with Crippen molar-refractivity contribution in [3.8, 4) is 50.3 Å². The molecule has 1 N–H and O–H groups in total. The van der Waals surface area contributed by atoms with Crippen molar-refractivity contribution in [1.29, 1.82) is 0 Å². The first kappa shape index (κ1) is 23.7. The Kier molecular flexibility index (Phi) is 4.98. The van der Waals surface area contributed by atoms with Crippen molar-refractivity contribution in [2.75, 3.05) is 0 Å². The topological polar surface area (TPSA) is 37.9 Å². The molecular formula is C38H26N4O. The van der Waals surface area contributed by atoms with Crippen molar-refractivity contribution >= 4 is 22.1 Å². The minimum absolute atomic E-state index is 0.249. The Hall–Kier alpha value is -5.94. The van der Waals surface area contributed by atoms with Crippen LogP contribution in [-0.4, -0.2) is 22.7 Å². The Morgan fingerprint density at radius 1 is 0.349 bits per heavy atom. The molecule has 8 aromatic heterocycles. The van der Waals surface area contributed by atoms with Crippen molar-refractivity contribution in [3.05, 3.63) is 153 Å². The highest BCUT2D eigenvalue weighted by Gasteiger charge is 2.24. The maximum atomic E-state index is 12.0. The van der Waals surface area contributed by atoms with Gasteiger partial charge >= 0.3 is 0 Å². The molecule has 0 fully saturated rings. The number of rotatable bonds is 4. The summed E-state index contributed by atoms with van der Waals surface area (Å²) in [6.07, 6.45) is 16.6. The molecular weight excluding hydrogens is 528 g/mol. The normalized spacial score (nSPS) is 11.8. The summed E-state index contributed by atoms with van der Waals surface area (Å²) in [6.45, 7) is 0. The van der Waals surface area contributed by atoms with E-state index in [1.54, 1.807) is 0 Å². The zero-order chi connectivity index (χ0) is 28.5. The van der Waals surface area contributed by atoms with Crippen molar-refractivity contribution in [1.82, 2.24) is 17.6 Å². The summed E-state index contributed by atoms with van der Waals surface area (Å²) >= 11 is 0. The molecule has 0 bridgehead atoms. The van der Waals surface area contributed by atoms with E-state index in [1.807, 2.05) is 18.3 Å². The van der Waals surface area contributed by atoms with E-state index in [9.17, 15) is 5.11 Å². The zero-order valence-electron chi connectivity index (χ0n) is 23.2. The molecule has 9 rings (SSSR count). The van der Waals surface area contributed by atoms with Gasteiger partial charge in [0.1, 0.15) is 5.75 Å². The van der Waals surface area contributed by atoms with Crippen LogP contribution in [0.4, 0.5) is 0 Å². The molecule has 0 aliphatic rings. The average Bonchev–Trinajstić information content (AvgIpc) is 3.86. The first-order valence-corrected chi connectivity index (χ1v) is 14.4. The summed E-state index contributed by atoms with van der Waals surface area (Å²) in [6, 6.07) is 36.0. The van der Waals surface area contributed by atoms with Crippen LogP contribution >= 0.6 is 0 Å². The number of pyridine rings is 4. The number of nitrogens with zero attached hydrogens (tertiary/aromatic N) is 4. The molecule has 0 spiro atoms. The number of phenolic OH excluding ortho intramolecular Hbond substituents is 1. The molecule has 0 saturated carbocycles. The fourth-order valence-corrected chi connectivity index (χ4v) is 6.54. The monoisotopic (exact) mass is 554 g/mol. The molecule has 0 saturated heterocycles. The molecule has 43 heavy (non-hydrogen) atoms. The molecule has 9 aromatic rings. The van der Waals surface area contributed by atoms with Crippen molar-refractivity contribution in [2.45, 2.75) is 0 Å². The number of hydrogen-bond acceptors (Lipinski definition) is 1. The Bertz CT molecular complexity index is 2490. The van der Waals surface area contributed by atoms with Crippen LogP contribution < -0.4 is 0 Å². The minimum Gasteiger partial charge on any atom is -0.507 e. The second-order valence-electron chi connectivity index (χ2n) is 11.1. The predicted molar refractivity (Wildman–Crippen MR) is 174 cm³/mol. The van der Waals surface area contributed by atoms with Crippen LogP contribution in [0.2, 0.25) is 0 Å². The molecule has 8 heterocycles. The molecule has 5 heteroatoms. The lowest BCUT2D eigenvalue weighted by Gasteiger charge is -2.22. The highest BCUT2D eigenvalue weighted by Crippen LogP contribution is 2.50. The number of fused-ring (bicyclic) bond motifs is 4. The van der Waals surface area contributed by atoms with E-state index >= 15 is 0 Å². The molecule has 0 aliphatic heterocycles. The molecule has 204 valence electrons. The van der Waals surface area contributed by atoms with Gasteiger partial charge in [0.25, 0.3) is 0 Å². The molecule has 0 atom stereocenters. The van der Waals surface area contributed by atoms with Gasteiger partial charge in [0.05, 0.1) is 0 Å². The highest BCUT2D eigenvalue weighted by atomic mass is 16.3. The van der Waals surface area contributed by atoms with E-state index in [-0.39, 0.29) is 5.75 Å². The second kappa shape index (κ2) is 9.03. The largest absolute Gasteiger partial charge is 0.507 e. The van der Waals surface area contributed by atoms with Crippen molar-refractivity contribution < 1.29 is 5.11 Å². The highest BCUT2D eigenvalue weighted by molar-refractivity contribution is 6.05. The number of hydrogen-bond donors (Lipinski definition) is 1. The molecule has 0 aliphatic carbocycles. The van der Waals surface area contributed by atoms with Crippen LogP contribution in [0.25, 0.3) is 66.6 Å². The molecule has 5 nitrogen and oxygen atoms in total. The molecule has 0 unspecified atom stereocenters. The predicted octanol–water partition coefficient (Wildman–Crippen LogP) is 9.07. The second-order valence-corrected chi connectivity index (χ2v) is 11.1. The average molecular weight is 555 g/mol. The summed E-state index contributed by atoms with van der Waals surface area (Å²) in [5, 5.41) is 12.0. The van der Waals surface area contributed by atoms with Gasteiger partial charge in [-0.05, 0) is 137 Å². The quantitative estimate of drug-likeness (QED) is 0.232. The van der Waals surface area contributed by atoms with Crippen LogP contribution in [0.5, 0.6) is 5.75 Å². The van der Waals surface area contributed by atoms with Gasteiger partial charge in [0.15, 0.2) is 0 Å². The number of aromatic nitrogens is 4. The number of benzene rings is 1. The third-order valence-corrected chi connectivity index (χ3v) is 8.60. The fourth-order valence-electron chi connectivity index (χ4n) is 6.54. The Morgan fingerprint density at radius 2 is 0.721 bits per heavy atom. The zero-order valence-corrected chi connectivity index (χ0v) is 23.2. The van der Waals surface area contributed by atoms with Crippen LogP contribution in [0.1, 0.15) is 0 Å². The summed E-state index contributed by atoms with van der Waals surface area (Å²) in [7, 11) is 0. The Balaban J connectivity index is 1.44. The summed E-state index contributed by atoms with van der Waals surface area (Å²) in [4.78, 5) is 0. The first-order valence-electron chi connectivity index (χ1n) is 14.4.